The van der Waals surface area contributed by atoms with Gasteiger partial charge in [-0.15, -0.1) is 0 Å². The number of nitrogens with zero attached hydrogens (tertiary/aromatic N) is 4. The molecule has 2 amide bonds. The van der Waals surface area contributed by atoms with E-state index in [0.29, 0.717) is 31.3 Å². The number of carboxylic acid groups (broad SMARTS) is 1. The van der Waals surface area contributed by atoms with Gasteiger partial charge in [0.05, 0.1) is 11.4 Å². The number of nitrogens with one attached hydrogen (secondary N) is 1. The summed E-state index contributed by atoms with van der Waals surface area (Å²) in [6, 6.07) is 0. The Hall–Kier alpha value is -2.12. The van der Waals surface area contributed by atoms with Crippen LogP contribution < -0.4 is 0 Å². The highest BCUT2D eigenvalue weighted by Gasteiger charge is 2.40. The normalized spacial score (nSPS) is 29.8. The van der Waals surface area contributed by atoms with Crippen LogP contribution in [0.4, 0.5) is 4.79 Å². The molecule has 8 heteroatoms. The van der Waals surface area contributed by atoms with Gasteiger partial charge in [-0.05, 0) is 37.5 Å². The van der Waals surface area contributed by atoms with Gasteiger partial charge in [0.2, 0.25) is 5.91 Å². The van der Waals surface area contributed by atoms with Crippen molar-refractivity contribution in [2.24, 2.45) is 17.8 Å². The van der Waals surface area contributed by atoms with E-state index < -0.39 is 6.09 Å². The second-order valence-corrected chi connectivity index (χ2v) is 7.27. The van der Waals surface area contributed by atoms with Gasteiger partial charge in [-0.2, -0.15) is 15.4 Å². The van der Waals surface area contributed by atoms with Crippen molar-refractivity contribution in [2.75, 3.05) is 26.2 Å². The fourth-order valence-corrected chi connectivity index (χ4v) is 4.47. The zero-order valence-electron chi connectivity index (χ0n) is 13.6. The summed E-state index contributed by atoms with van der Waals surface area (Å²) < 4.78 is 0. The molecular formula is C16H23N5O3. The highest BCUT2D eigenvalue weighted by Crippen LogP contribution is 2.34. The molecule has 3 heterocycles. The number of rotatable bonds is 1. The molecule has 2 fully saturated rings. The fourth-order valence-electron chi connectivity index (χ4n) is 4.47. The van der Waals surface area contributed by atoms with Crippen molar-refractivity contribution in [3.05, 3.63) is 11.4 Å². The molecule has 1 aromatic heterocycles. The summed E-state index contributed by atoms with van der Waals surface area (Å²) in [7, 11) is 0. The van der Waals surface area contributed by atoms with Crippen molar-refractivity contribution in [1.82, 2.24) is 25.2 Å². The summed E-state index contributed by atoms with van der Waals surface area (Å²) in [5, 5.41) is 20.1. The zero-order chi connectivity index (χ0) is 16.7. The van der Waals surface area contributed by atoms with Gasteiger partial charge in [0.15, 0.2) is 0 Å². The SMILES string of the molecule is O=C(O)N1CCC2CN(C(=O)[C@@H]3CCc4n[nH]nc4C3)CC2CC1. The van der Waals surface area contributed by atoms with Crippen LogP contribution in [0.15, 0.2) is 0 Å². The molecule has 2 N–H and O–H groups in total. The van der Waals surface area contributed by atoms with Gasteiger partial charge in [0.1, 0.15) is 0 Å². The summed E-state index contributed by atoms with van der Waals surface area (Å²) in [5.74, 6) is 1.13. The lowest BCUT2D eigenvalue weighted by Gasteiger charge is -2.26. The van der Waals surface area contributed by atoms with Gasteiger partial charge < -0.3 is 14.9 Å². The van der Waals surface area contributed by atoms with E-state index in [1.165, 1.54) is 4.90 Å². The molecule has 2 aliphatic heterocycles. The first-order valence-corrected chi connectivity index (χ1v) is 8.77. The quantitative estimate of drug-likeness (QED) is 0.790. The van der Waals surface area contributed by atoms with Crippen LogP contribution in [-0.4, -0.2) is 68.5 Å². The van der Waals surface area contributed by atoms with Crippen LogP contribution in [0.5, 0.6) is 0 Å². The van der Waals surface area contributed by atoms with Crippen molar-refractivity contribution in [2.45, 2.75) is 32.1 Å². The number of hydrogen-bond acceptors (Lipinski definition) is 4. The second-order valence-electron chi connectivity index (χ2n) is 7.27. The zero-order valence-corrected chi connectivity index (χ0v) is 13.6. The van der Waals surface area contributed by atoms with Gasteiger partial charge >= 0.3 is 6.09 Å². The van der Waals surface area contributed by atoms with E-state index in [1.54, 1.807) is 0 Å². The van der Waals surface area contributed by atoms with E-state index in [4.69, 9.17) is 5.11 Å². The summed E-state index contributed by atoms with van der Waals surface area (Å²) in [6.07, 6.45) is 3.24. The second kappa shape index (κ2) is 6.07. The number of amides is 2. The van der Waals surface area contributed by atoms with Crippen molar-refractivity contribution in [3.8, 4) is 0 Å². The van der Waals surface area contributed by atoms with Gasteiger partial charge in [-0.1, -0.05) is 0 Å². The van der Waals surface area contributed by atoms with E-state index in [2.05, 4.69) is 15.4 Å². The van der Waals surface area contributed by atoms with Crippen LogP contribution in [0.25, 0.3) is 0 Å². The lowest BCUT2D eigenvalue weighted by molar-refractivity contribution is -0.135. The molecule has 4 rings (SSSR count). The molecule has 1 aromatic rings. The van der Waals surface area contributed by atoms with Crippen molar-refractivity contribution < 1.29 is 14.7 Å². The molecule has 1 aliphatic carbocycles. The highest BCUT2D eigenvalue weighted by molar-refractivity contribution is 5.79. The predicted molar refractivity (Wildman–Crippen MR) is 84.3 cm³/mol. The molecular weight excluding hydrogens is 310 g/mol. The lowest BCUT2D eigenvalue weighted by atomic mass is 9.89. The number of fused-ring (bicyclic) bond motifs is 2. The maximum Gasteiger partial charge on any atom is 0.407 e. The van der Waals surface area contributed by atoms with Gasteiger partial charge in [-0.25, -0.2) is 4.79 Å². The number of carbonyl (C=O) groups is 2. The van der Waals surface area contributed by atoms with Crippen molar-refractivity contribution in [1.29, 1.82) is 0 Å². The number of aryl methyl sites for hydroxylation is 1. The van der Waals surface area contributed by atoms with Crippen LogP contribution >= 0.6 is 0 Å². The summed E-state index contributed by atoms with van der Waals surface area (Å²) in [5.41, 5.74) is 1.93. The average Bonchev–Trinajstić information content (AvgIpc) is 3.15. The Kier molecular flexibility index (Phi) is 3.90. The molecule has 3 atom stereocenters. The number of likely N-dealkylation sites (tertiary alicyclic amines) is 2. The first kappa shape index (κ1) is 15.4. The van der Waals surface area contributed by atoms with Crippen LogP contribution in [0.1, 0.15) is 30.7 Å². The van der Waals surface area contributed by atoms with E-state index in [9.17, 15) is 9.59 Å². The molecule has 2 unspecified atom stereocenters. The molecule has 0 aromatic carbocycles. The Bertz CT molecular complexity index is 629. The van der Waals surface area contributed by atoms with Crippen molar-refractivity contribution >= 4 is 12.0 Å². The van der Waals surface area contributed by atoms with Gasteiger partial charge in [0.25, 0.3) is 0 Å². The monoisotopic (exact) mass is 333 g/mol. The highest BCUT2D eigenvalue weighted by atomic mass is 16.4. The minimum absolute atomic E-state index is 0.0143. The van der Waals surface area contributed by atoms with Gasteiger partial charge in [-0.3, -0.25) is 4.79 Å². The van der Waals surface area contributed by atoms with E-state index in [-0.39, 0.29) is 11.8 Å². The Morgan fingerprint density at radius 1 is 1.00 bits per heavy atom. The Morgan fingerprint density at radius 3 is 2.33 bits per heavy atom. The molecule has 24 heavy (non-hydrogen) atoms. The molecule has 3 aliphatic rings. The van der Waals surface area contributed by atoms with Crippen LogP contribution in [-0.2, 0) is 17.6 Å². The first-order valence-electron chi connectivity index (χ1n) is 8.77. The number of carbonyl (C=O) groups excluding carboxylic acids is 1. The summed E-state index contributed by atoms with van der Waals surface area (Å²) >= 11 is 0. The third kappa shape index (κ3) is 2.74. The number of aromatic amines is 1. The summed E-state index contributed by atoms with van der Waals surface area (Å²) in [4.78, 5) is 27.6. The van der Waals surface area contributed by atoms with Gasteiger partial charge in [0, 0.05) is 38.5 Å². The topological polar surface area (TPSA) is 102 Å². The lowest BCUT2D eigenvalue weighted by Crippen LogP contribution is -2.38. The minimum Gasteiger partial charge on any atom is -0.465 e. The van der Waals surface area contributed by atoms with E-state index in [0.717, 1.165) is 50.2 Å². The number of aromatic nitrogens is 3. The first-order chi connectivity index (χ1) is 11.6. The summed E-state index contributed by atoms with van der Waals surface area (Å²) in [6.45, 7) is 2.73. The molecule has 2 saturated heterocycles. The largest absolute Gasteiger partial charge is 0.465 e. The molecule has 8 nitrogen and oxygen atoms in total. The number of H-pyrrole nitrogens is 1. The minimum atomic E-state index is -0.825. The van der Waals surface area contributed by atoms with Crippen LogP contribution in [0.2, 0.25) is 0 Å². The van der Waals surface area contributed by atoms with E-state index in [1.807, 2.05) is 4.90 Å². The van der Waals surface area contributed by atoms with Crippen LogP contribution in [0.3, 0.4) is 0 Å². The third-order valence-corrected chi connectivity index (χ3v) is 5.92. The third-order valence-electron chi connectivity index (χ3n) is 5.92. The number of hydrogen-bond donors (Lipinski definition) is 2. The molecule has 0 bridgehead atoms. The fraction of sp³-hybridized carbons (Fsp3) is 0.750. The molecule has 0 spiro atoms. The predicted octanol–water partition coefficient (Wildman–Crippen LogP) is 0.758. The van der Waals surface area contributed by atoms with E-state index >= 15 is 0 Å². The maximum atomic E-state index is 12.9. The Balaban J connectivity index is 1.37. The standard InChI is InChI=1S/C16H23N5O3/c22-15(10-1-2-13-14(7-10)18-19-17-13)21-8-11-3-5-20(16(23)24)6-4-12(11)9-21/h10-12H,1-9H2,(H,23,24)(H,17,18,19)/t10-,11?,12?/m1/s1. The van der Waals surface area contributed by atoms with Crippen LogP contribution in [0, 0.1) is 17.8 Å². The Morgan fingerprint density at radius 2 is 1.67 bits per heavy atom. The molecule has 0 radical (unpaired) electrons. The smallest absolute Gasteiger partial charge is 0.407 e. The molecule has 130 valence electrons. The molecule has 0 saturated carbocycles. The maximum absolute atomic E-state index is 12.9. The Labute approximate surface area is 140 Å². The average molecular weight is 333 g/mol. The van der Waals surface area contributed by atoms with Crippen molar-refractivity contribution in [3.63, 3.8) is 0 Å².